The van der Waals surface area contributed by atoms with Gasteiger partial charge in [0, 0.05) is 50.5 Å². The molecule has 2 heterocycles. The van der Waals surface area contributed by atoms with Crippen LogP contribution in [0.4, 0.5) is 0 Å². The van der Waals surface area contributed by atoms with Gasteiger partial charge in [0.05, 0.1) is 12.2 Å². The Balaban J connectivity index is 1.54. The van der Waals surface area contributed by atoms with Crippen molar-refractivity contribution in [3.05, 3.63) is 52.8 Å². The minimum absolute atomic E-state index is 0.00893. The van der Waals surface area contributed by atoms with Crippen LogP contribution in [0.2, 0.25) is 0 Å². The van der Waals surface area contributed by atoms with E-state index in [1.54, 1.807) is 0 Å². The smallest absolute Gasteiger partial charge is 0.251 e. The largest absolute Gasteiger partial charge is 0.351 e. The predicted molar refractivity (Wildman–Crippen MR) is 98.9 cm³/mol. The average Bonchev–Trinajstić information content (AvgIpc) is 2.93. The van der Waals surface area contributed by atoms with E-state index >= 15 is 0 Å². The summed E-state index contributed by atoms with van der Waals surface area (Å²) in [6.07, 6.45) is 0. The minimum atomic E-state index is -0.00893. The Kier molecular flexibility index (Phi) is 5.83. The molecule has 134 valence electrons. The van der Waals surface area contributed by atoms with Gasteiger partial charge in [0.25, 0.3) is 5.91 Å². The first-order valence-corrected chi connectivity index (χ1v) is 8.93. The van der Waals surface area contributed by atoms with Crippen molar-refractivity contribution in [1.29, 1.82) is 0 Å². The first-order valence-electron chi connectivity index (χ1n) is 8.93. The third kappa shape index (κ3) is 4.90. The molecule has 0 bridgehead atoms. The summed E-state index contributed by atoms with van der Waals surface area (Å²) < 4.78 is 1.97. The summed E-state index contributed by atoms with van der Waals surface area (Å²) in [6.45, 7) is 10.5. The van der Waals surface area contributed by atoms with Crippen LogP contribution in [0.1, 0.15) is 27.3 Å². The molecular weight excluding hydrogens is 314 g/mol. The molecule has 1 aliphatic heterocycles. The topological polar surface area (TPSA) is 62.2 Å². The van der Waals surface area contributed by atoms with Gasteiger partial charge in [-0.05, 0) is 37.6 Å². The molecule has 6 heteroatoms. The lowest BCUT2D eigenvalue weighted by Crippen LogP contribution is -2.46. The maximum atomic E-state index is 12.4. The Labute approximate surface area is 149 Å². The average molecular weight is 341 g/mol. The van der Waals surface area contributed by atoms with E-state index in [4.69, 9.17) is 0 Å². The molecule has 1 aromatic heterocycles. The van der Waals surface area contributed by atoms with Crippen molar-refractivity contribution in [3.63, 3.8) is 0 Å². The molecule has 25 heavy (non-hydrogen) atoms. The van der Waals surface area contributed by atoms with Gasteiger partial charge in [-0.3, -0.25) is 14.4 Å². The van der Waals surface area contributed by atoms with E-state index in [1.807, 2.05) is 42.8 Å². The van der Waals surface area contributed by atoms with Crippen LogP contribution >= 0.6 is 0 Å². The maximum absolute atomic E-state index is 12.4. The van der Waals surface area contributed by atoms with E-state index in [9.17, 15) is 4.79 Å². The third-order valence-corrected chi connectivity index (χ3v) is 4.55. The fourth-order valence-corrected chi connectivity index (χ4v) is 3.18. The highest BCUT2D eigenvalue weighted by Gasteiger charge is 2.11. The molecule has 1 saturated heterocycles. The third-order valence-electron chi connectivity index (χ3n) is 4.55. The molecule has 0 saturated carbocycles. The summed E-state index contributed by atoms with van der Waals surface area (Å²) in [5, 5.41) is 10.9. The van der Waals surface area contributed by atoms with E-state index in [2.05, 4.69) is 26.7 Å². The molecule has 0 unspecified atom stereocenters. The van der Waals surface area contributed by atoms with Gasteiger partial charge in [0.2, 0.25) is 0 Å². The Morgan fingerprint density at radius 3 is 2.76 bits per heavy atom. The number of benzene rings is 1. The number of piperazine rings is 1. The summed E-state index contributed by atoms with van der Waals surface area (Å²) in [5.41, 5.74) is 3.93. The SMILES string of the molecule is Cc1cc(C)n(Cc2cccc(C(=O)NCCN3CCNCC3)c2)n1. The Bertz CT molecular complexity index is 718. The fourth-order valence-electron chi connectivity index (χ4n) is 3.18. The Morgan fingerprint density at radius 2 is 2.04 bits per heavy atom. The number of aromatic nitrogens is 2. The molecule has 0 atom stereocenters. The van der Waals surface area contributed by atoms with Crippen molar-refractivity contribution in [3.8, 4) is 0 Å². The molecule has 1 fully saturated rings. The zero-order chi connectivity index (χ0) is 17.6. The lowest BCUT2D eigenvalue weighted by molar-refractivity contribution is 0.0947. The highest BCUT2D eigenvalue weighted by atomic mass is 16.1. The summed E-state index contributed by atoms with van der Waals surface area (Å²) in [5.74, 6) is -0.00893. The van der Waals surface area contributed by atoms with Gasteiger partial charge in [-0.15, -0.1) is 0 Å². The van der Waals surface area contributed by atoms with Crippen LogP contribution in [0.15, 0.2) is 30.3 Å². The zero-order valence-corrected chi connectivity index (χ0v) is 15.1. The number of carbonyl (C=O) groups is 1. The van der Waals surface area contributed by atoms with Crippen LogP contribution in [0.5, 0.6) is 0 Å². The first kappa shape index (κ1) is 17.6. The van der Waals surface area contributed by atoms with E-state index in [0.29, 0.717) is 18.7 Å². The highest BCUT2D eigenvalue weighted by Crippen LogP contribution is 2.10. The van der Waals surface area contributed by atoms with E-state index < -0.39 is 0 Å². The van der Waals surface area contributed by atoms with Crippen molar-refractivity contribution in [1.82, 2.24) is 25.3 Å². The number of amides is 1. The van der Waals surface area contributed by atoms with E-state index in [1.165, 1.54) is 0 Å². The van der Waals surface area contributed by atoms with Crippen molar-refractivity contribution in [2.24, 2.45) is 0 Å². The molecule has 1 aliphatic rings. The highest BCUT2D eigenvalue weighted by molar-refractivity contribution is 5.94. The summed E-state index contributed by atoms with van der Waals surface area (Å²) in [4.78, 5) is 14.8. The van der Waals surface area contributed by atoms with Crippen LogP contribution in [0.25, 0.3) is 0 Å². The summed E-state index contributed by atoms with van der Waals surface area (Å²) in [6, 6.07) is 9.86. The molecule has 3 rings (SSSR count). The molecule has 2 aromatic rings. The van der Waals surface area contributed by atoms with Gasteiger partial charge < -0.3 is 10.6 Å². The van der Waals surface area contributed by atoms with Gasteiger partial charge >= 0.3 is 0 Å². The van der Waals surface area contributed by atoms with Gasteiger partial charge in [-0.1, -0.05) is 12.1 Å². The van der Waals surface area contributed by atoms with E-state index in [-0.39, 0.29) is 5.91 Å². The molecule has 6 nitrogen and oxygen atoms in total. The number of carbonyl (C=O) groups excluding carboxylic acids is 1. The fraction of sp³-hybridized carbons (Fsp3) is 0.474. The van der Waals surface area contributed by atoms with Crippen molar-refractivity contribution in [2.45, 2.75) is 20.4 Å². The van der Waals surface area contributed by atoms with Crippen LogP contribution in [-0.2, 0) is 6.54 Å². The van der Waals surface area contributed by atoms with Crippen molar-refractivity contribution in [2.75, 3.05) is 39.3 Å². The van der Waals surface area contributed by atoms with Gasteiger partial charge in [0.1, 0.15) is 0 Å². The van der Waals surface area contributed by atoms with E-state index in [0.717, 1.165) is 49.7 Å². The molecule has 1 amide bonds. The predicted octanol–water partition coefficient (Wildman–Crippen LogP) is 1.18. The number of nitrogens with zero attached hydrogens (tertiary/aromatic N) is 3. The minimum Gasteiger partial charge on any atom is -0.351 e. The standard InChI is InChI=1S/C19H27N5O/c1-15-12-16(2)24(22-15)14-17-4-3-5-18(13-17)19(25)21-8-11-23-9-6-20-7-10-23/h3-5,12-13,20H,6-11,14H2,1-2H3,(H,21,25). The number of hydrogen-bond acceptors (Lipinski definition) is 4. The normalized spacial score (nSPS) is 15.3. The first-order chi connectivity index (χ1) is 12.1. The summed E-state index contributed by atoms with van der Waals surface area (Å²) in [7, 11) is 0. The van der Waals surface area contributed by atoms with Gasteiger partial charge in [0.15, 0.2) is 0 Å². The number of nitrogens with one attached hydrogen (secondary N) is 2. The molecule has 0 radical (unpaired) electrons. The molecule has 0 spiro atoms. The number of hydrogen-bond donors (Lipinski definition) is 2. The second-order valence-corrected chi connectivity index (χ2v) is 6.63. The van der Waals surface area contributed by atoms with Gasteiger partial charge in [-0.2, -0.15) is 5.10 Å². The monoisotopic (exact) mass is 341 g/mol. The Morgan fingerprint density at radius 1 is 1.24 bits per heavy atom. The number of rotatable bonds is 6. The lowest BCUT2D eigenvalue weighted by Gasteiger charge is -2.27. The van der Waals surface area contributed by atoms with Gasteiger partial charge in [-0.25, -0.2) is 0 Å². The van der Waals surface area contributed by atoms with Crippen molar-refractivity contribution < 1.29 is 4.79 Å². The molecule has 0 aliphatic carbocycles. The van der Waals surface area contributed by atoms with Crippen LogP contribution in [0, 0.1) is 13.8 Å². The van der Waals surface area contributed by atoms with Crippen LogP contribution in [0.3, 0.4) is 0 Å². The van der Waals surface area contributed by atoms with Crippen LogP contribution < -0.4 is 10.6 Å². The molecule has 2 N–H and O–H groups in total. The molecule has 1 aromatic carbocycles. The van der Waals surface area contributed by atoms with Crippen LogP contribution in [-0.4, -0.2) is 59.9 Å². The Hall–Kier alpha value is -2.18. The second-order valence-electron chi connectivity index (χ2n) is 6.63. The lowest BCUT2D eigenvalue weighted by atomic mass is 10.1. The number of aryl methyl sites for hydroxylation is 2. The maximum Gasteiger partial charge on any atom is 0.251 e. The summed E-state index contributed by atoms with van der Waals surface area (Å²) >= 11 is 0. The van der Waals surface area contributed by atoms with Crippen molar-refractivity contribution >= 4 is 5.91 Å². The second kappa shape index (κ2) is 8.27. The quantitative estimate of drug-likeness (QED) is 0.828. The molecular formula is C19H27N5O. The zero-order valence-electron chi connectivity index (χ0n) is 15.1.